The fraction of sp³-hybridized carbons (Fsp3) is 0.500. The van der Waals surface area contributed by atoms with Crippen molar-refractivity contribution in [3.63, 3.8) is 0 Å². The average Bonchev–Trinajstić information content (AvgIpc) is 2.30. The standard InChI is InChI=1S/C14H23N3O/c1-11-5-6-13(9-12(11)2)16-10-14(18)15-7-8-17(3)4/h5-6,9,16H,7-8,10H2,1-4H3,(H,15,18). The summed E-state index contributed by atoms with van der Waals surface area (Å²) in [6.07, 6.45) is 0. The van der Waals surface area contributed by atoms with E-state index in [1.165, 1.54) is 11.1 Å². The molecule has 1 aromatic carbocycles. The van der Waals surface area contributed by atoms with Gasteiger partial charge < -0.3 is 15.5 Å². The highest BCUT2D eigenvalue weighted by molar-refractivity contribution is 5.80. The van der Waals surface area contributed by atoms with E-state index in [2.05, 4.69) is 36.6 Å². The van der Waals surface area contributed by atoms with E-state index in [9.17, 15) is 4.79 Å². The van der Waals surface area contributed by atoms with Crippen LogP contribution in [0.2, 0.25) is 0 Å². The van der Waals surface area contributed by atoms with Crippen molar-refractivity contribution in [1.82, 2.24) is 10.2 Å². The maximum Gasteiger partial charge on any atom is 0.239 e. The van der Waals surface area contributed by atoms with E-state index in [0.717, 1.165) is 12.2 Å². The molecular formula is C14H23N3O. The number of aryl methyl sites for hydroxylation is 2. The topological polar surface area (TPSA) is 44.4 Å². The Hall–Kier alpha value is -1.55. The Morgan fingerprint density at radius 2 is 1.94 bits per heavy atom. The van der Waals surface area contributed by atoms with Gasteiger partial charge in [0.25, 0.3) is 0 Å². The number of nitrogens with zero attached hydrogens (tertiary/aromatic N) is 1. The number of carbonyl (C=O) groups is 1. The Morgan fingerprint density at radius 3 is 2.56 bits per heavy atom. The molecule has 1 rings (SSSR count). The number of amides is 1. The maximum absolute atomic E-state index is 11.6. The first-order valence-electron chi connectivity index (χ1n) is 6.21. The molecule has 1 amide bonds. The molecule has 0 aliphatic heterocycles. The number of carbonyl (C=O) groups excluding carboxylic acids is 1. The second-order valence-electron chi connectivity index (χ2n) is 4.81. The summed E-state index contributed by atoms with van der Waals surface area (Å²) >= 11 is 0. The molecule has 1 aromatic rings. The van der Waals surface area contributed by atoms with Gasteiger partial charge >= 0.3 is 0 Å². The minimum Gasteiger partial charge on any atom is -0.376 e. The second kappa shape index (κ2) is 7.01. The van der Waals surface area contributed by atoms with Gasteiger partial charge in [-0.05, 0) is 51.2 Å². The highest BCUT2D eigenvalue weighted by Gasteiger charge is 2.01. The minimum absolute atomic E-state index is 0.0232. The molecule has 4 nitrogen and oxygen atoms in total. The summed E-state index contributed by atoms with van der Waals surface area (Å²) in [5.74, 6) is 0.0232. The number of hydrogen-bond donors (Lipinski definition) is 2. The van der Waals surface area contributed by atoms with Crippen molar-refractivity contribution in [2.75, 3.05) is 39.0 Å². The number of benzene rings is 1. The lowest BCUT2D eigenvalue weighted by Gasteiger charge is -2.11. The predicted molar refractivity (Wildman–Crippen MR) is 76.0 cm³/mol. The first-order valence-corrected chi connectivity index (χ1v) is 6.21. The van der Waals surface area contributed by atoms with Gasteiger partial charge in [0.1, 0.15) is 0 Å². The van der Waals surface area contributed by atoms with Crippen LogP contribution in [0.15, 0.2) is 18.2 Å². The highest BCUT2D eigenvalue weighted by Crippen LogP contribution is 2.13. The summed E-state index contributed by atoms with van der Waals surface area (Å²) < 4.78 is 0. The van der Waals surface area contributed by atoms with Gasteiger partial charge in [-0.25, -0.2) is 0 Å². The lowest BCUT2D eigenvalue weighted by atomic mass is 10.1. The summed E-state index contributed by atoms with van der Waals surface area (Å²) in [5.41, 5.74) is 3.48. The van der Waals surface area contributed by atoms with Gasteiger partial charge in [0.2, 0.25) is 5.91 Å². The molecule has 0 unspecified atom stereocenters. The molecular weight excluding hydrogens is 226 g/mol. The van der Waals surface area contributed by atoms with Crippen molar-refractivity contribution in [2.45, 2.75) is 13.8 Å². The molecule has 0 atom stereocenters. The van der Waals surface area contributed by atoms with Crippen LogP contribution >= 0.6 is 0 Å². The third kappa shape index (κ3) is 5.19. The van der Waals surface area contributed by atoms with Crippen molar-refractivity contribution >= 4 is 11.6 Å². The van der Waals surface area contributed by atoms with E-state index >= 15 is 0 Å². The number of rotatable bonds is 6. The molecule has 0 aliphatic rings. The van der Waals surface area contributed by atoms with Crippen LogP contribution in [-0.2, 0) is 4.79 Å². The van der Waals surface area contributed by atoms with Crippen LogP contribution in [0, 0.1) is 13.8 Å². The molecule has 0 fully saturated rings. The van der Waals surface area contributed by atoms with Crippen molar-refractivity contribution < 1.29 is 4.79 Å². The molecule has 0 bridgehead atoms. The van der Waals surface area contributed by atoms with Crippen LogP contribution in [0.4, 0.5) is 5.69 Å². The third-order valence-electron chi connectivity index (χ3n) is 2.84. The van der Waals surface area contributed by atoms with Gasteiger partial charge in [-0.2, -0.15) is 0 Å². The van der Waals surface area contributed by atoms with Gasteiger partial charge in [-0.3, -0.25) is 4.79 Å². The molecule has 0 aliphatic carbocycles. The Kier molecular flexibility index (Phi) is 5.65. The zero-order valence-corrected chi connectivity index (χ0v) is 11.7. The predicted octanol–water partition coefficient (Wildman–Crippen LogP) is 1.39. The molecule has 0 saturated heterocycles. The molecule has 0 spiro atoms. The third-order valence-corrected chi connectivity index (χ3v) is 2.84. The lowest BCUT2D eigenvalue weighted by molar-refractivity contribution is -0.119. The van der Waals surface area contributed by atoms with Gasteiger partial charge in [0, 0.05) is 18.8 Å². The van der Waals surface area contributed by atoms with Gasteiger partial charge in [-0.15, -0.1) is 0 Å². The SMILES string of the molecule is Cc1ccc(NCC(=O)NCCN(C)C)cc1C. The first kappa shape index (κ1) is 14.5. The number of likely N-dealkylation sites (N-methyl/N-ethyl adjacent to an activating group) is 1. The van der Waals surface area contributed by atoms with Crippen molar-refractivity contribution in [2.24, 2.45) is 0 Å². The molecule has 0 radical (unpaired) electrons. The van der Waals surface area contributed by atoms with E-state index in [1.54, 1.807) is 0 Å². The van der Waals surface area contributed by atoms with Gasteiger partial charge in [0.05, 0.1) is 6.54 Å². The van der Waals surface area contributed by atoms with E-state index in [-0.39, 0.29) is 5.91 Å². The molecule has 0 heterocycles. The second-order valence-corrected chi connectivity index (χ2v) is 4.81. The number of hydrogen-bond acceptors (Lipinski definition) is 3. The molecule has 18 heavy (non-hydrogen) atoms. The quantitative estimate of drug-likeness (QED) is 0.801. The van der Waals surface area contributed by atoms with Gasteiger partial charge in [-0.1, -0.05) is 6.07 Å². The Labute approximate surface area is 109 Å². The summed E-state index contributed by atoms with van der Waals surface area (Å²) in [4.78, 5) is 13.6. The summed E-state index contributed by atoms with van der Waals surface area (Å²) in [5, 5.41) is 5.99. The summed E-state index contributed by atoms with van der Waals surface area (Å²) in [6.45, 7) is 6.00. The van der Waals surface area contributed by atoms with Crippen LogP contribution in [0.5, 0.6) is 0 Å². The first-order chi connectivity index (χ1) is 8.49. The van der Waals surface area contributed by atoms with Crippen LogP contribution in [-0.4, -0.2) is 44.5 Å². The smallest absolute Gasteiger partial charge is 0.239 e. The van der Waals surface area contributed by atoms with E-state index in [4.69, 9.17) is 0 Å². The van der Waals surface area contributed by atoms with E-state index in [0.29, 0.717) is 13.1 Å². The Bertz CT molecular complexity index is 402. The zero-order chi connectivity index (χ0) is 13.5. The van der Waals surface area contributed by atoms with Crippen molar-refractivity contribution in [1.29, 1.82) is 0 Å². The van der Waals surface area contributed by atoms with Crippen LogP contribution in [0.25, 0.3) is 0 Å². The molecule has 0 saturated carbocycles. The largest absolute Gasteiger partial charge is 0.376 e. The van der Waals surface area contributed by atoms with E-state index < -0.39 is 0 Å². The number of anilines is 1. The lowest BCUT2D eigenvalue weighted by Crippen LogP contribution is -2.35. The fourth-order valence-corrected chi connectivity index (χ4v) is 1.52. The summed E-state index contributed by atoms with van der Waals surface area (Å²) in [7, 11) is 3.97. The Balaban J connectivity index is 2.31. The summed E-state index contributed by atoms with van der Waals surface area (Å²) in [6, 6.07) is 6.11. The molecule has 100 valence electrons. The monoisotopic (exact) mass is 249 g/mol. The van der Waals surface area contributed by atoms with Crippen LogP contribution < -0.4 is 10.6 Å². The van der Waals surface area contributed by atoms with Gasteiger partial charge in [0.15, 0.2) is 0 Å². The van der Waals surface area contributed by atoms with E-state index in [1.807, 2.05) is 25.1 Å². The van der Waals surface area contributed by atoms with Crippen LogP contribution in [0.3, 0.4) is 0 Å². The van der Waals surface area contributed by atoms with Crippen LogP contribution in [0.1, 0.15) is 11.1 Å². The molecule has 0 aromatic heterocycles. The minimum atomic E-state index is 0.0232. The Morgan fingerprint density at radius 1 is 1.22 bits per heavy atom. The molecule has 2 N–H and O–H groups in total. The maximum atomic E-state index is 11.6. The molecule has 4 heteroatoms. The highest BCUT2D eigenvalue weighted by atomic mass is 16.1. The fourth-order valence-electron chi connectivity index (χ4n) is 1.52. The average molecular weight is 249 g/mol. The van der Waals surface area contributed by atoms with Crippen molar-refractivity contribution in [3.8, 4) is 0 Å². The zero-order valence-electron chi connectivity index (χ0n) is 11.7. The van der Waals surface area contributed by atoms with Crippen molar-refractivity contribution in [3.05, 3.63) is 29.3 Å². The normalized spacial score (nSPS) is 10.5. The number of nitrogens with one attached hydrogen (secondary N) is 2.